The molecule has 0 aliphatic heterocycles. The van der Waals surface area contributed by atoms with E-state index in [0.29, 0.717) is 0 Å². The van der Waals surface area contributed by atoms with Crippen LogP contribution in [-0.4, -0.2) is 86.0 Å². The first kappa shape index (κ1) is 54.2. The van der Waals surface area contributed by atoms with Crippen molar-refractivity contribution < 1.29 is 84.8 Å². The van der Waals surface area contributed by atoms with Crippen molar-refractivity contribution in [2.75, 3.05) is 14.2 Å². The second-order valence-electron chi connectivity index (χ2n) is 10.9. The van der Waals surface area contributed by atoms with Crippen molar-refractivity contribution in [3.8, 4) is 0 Å². The second-order valence-corrected chi connectivity index (χ2v) is 10.9. The number of imidazole rings is 6. The van der Waals surface area contributed by atoms with Gasteiger partial charge in [0, 0.05) is 131 Å². The standard InChI is InChI=1S/2C14H18N6O.2CH3.2BF4.2Pd/c2*1-18-8-5-15-11(18)14(21-4,12-16-6-9-19(12)2)13-17-7-10-20(13)3;;;2*2-1(3,4)5;;/h2*5-10H,1-4H3;2*1H3;;;;/q;;4*-1;2*+2. The predicted octanol–water partition coefficient (Wildman–Crippen LogP) is 5.15. The molecule has 26 heteroatoms. The Labute approximate surface area is 347 Å². The first-order chi connectivity index (χ1) is 24.2. The fourth-order valence-electron chi connectivity index (χ4n) is 5.38. The van der Waals surface area contributed by atoms with Gasteiger partial charge in [-0.25, -0.2) is 29.9 Å². The number of nitrogens with zero attached hydrogens (tertiary/aromatic N) is 12. The van der Waals surface area contributed by atoms with Crippen molar-refractivity contribution in [3.63, 3.8) is 0 Å². The van der Waals surface area contributed by atoms with Crippen molar-refractivity contribution >= 4 is 14.5 Å². The van der Waals surface area contributed by atoms with Gasteiger partial charge in [0.15, 0.2) is 34.9 Å². The zero-order chi connectivity index (χ0) is 39.1. The number of hydrogen-bond donors (Lipinski definition) is 0. The molecule has 56 heavy (non-hydrogen) atoms. The Morgan fingerprint density at radius 3 is 0.589 bits per heavy atom. The molecule has 0 unspecified atom stereocenters. The molecule has 0 aliphatic carbocycles. The van der Waals surface area contributed by atoms with Gasteiger partial charge in [0.05, 0.1) is 0 Å². The van der Waals surface area contributed by atoms with Crippen molar-refractivity contribution in [1.82, 2.24) is 57.3 Å². The third-order valence-corrected chi connectivity index (χ3v) is 7.43. The molecule has 6 aromatic rings. The first-order valence-corrected chi connectivity index (χ1v) is 14.9. The maximum Gasteiger partial charge on any atom is 2.00 e. The molecule has 0 amide bonds. The Kier molecular flexibility index (Phi) is 21.4. The van der Waals surface area contributed by atoms with E-state index in [9.17, 15) is 34.5 Å². The van der Waals surface area contributed by atoms with Crippen molar-refractivity contribution in [1.29, 1.82) is 0 Å². The van der Waals surface area contributed by atoms with E-state index >= 15 is 0 Å². The number of hydrogen-bond acceptors (Lipinski definition) is 8. The van der Waals surface area contributed by atoms with Gasteiger partial charge in [0.2, 0.25) is 11.2 Å². The van der Waals surface area contributed by atoms with E-state index in [1.165, 1.54) is 0 Å². The molecule has 6 aromatic heterocycles. The summed E-state index contributed by atoms with van der Waals surface area (Å²) in [6.45, 7) is 0. The monoisotopic (exact) mass is 988 g/mol. The minimum absolute atomic E-state index is 0. The van der Waals surface area contributed by atoms with Gasteiger partial charge in [-0.05, 0) is 0 Å². The molecular weight excluding hydrogens is 947 g/mol. The second kappa shape index (κ2) is 22.1. The molecule has 0 bridgehead atoms. The number of aromatic nitrogens is 12. The molecule has 6 heterocycles. The molecule has 316 valence electrons. The van der Waals surface area contributed by atoms with E-state index in [2.05, 4.69) is 29.9 Å². The van der Waals surface area contributed by atoms with Crippen molar-refractivity contribution in [3.05, 3.63) is 124 Å². The minimum Gasteiger partial charge on any atom is -0.418 e. The SMILES string of the molecule is COC(c1nccn1C)(c1nccn1C)c1nccn1C.COC(c1nccn1C)(c1nccn1C)c1nccn1C.F[B-](F)(F)F.F[B-](F)(F)F.[CH3-].[CH3-].[Pd+2].[Pd+2]. The molecule has 0 saturated carbocycles. The van der Waals surface area contributed by atoms with E-state index in [0.717, 1.165) is 34.9 Å². The van der Waals surface area contributed by atoms with Gasteiger partial charge >= 0.3 is 55.4 Å². The van der Waals surface area contributed by atoms with Crippen molar-refractivity contribution in [2.24, 2.45) is 42.3 Å². The summed E-state index contributed by atoms with van der Waals surface area (Å²) in [6, 6.07) is 0. The Bertz CT molecular complexity index is 1660. The van der Waals surface area contributed by atoms with E-state index in [-0.39, 0.29) is 55.7 Å². The van der Waals surface area contributed by atoms with Gasteiger partial charge in [-0.1, -0.05) is 0 Å². The summed E-state index contributed by atoms with van der Waals surface area (Å²) in [4.78, 5) is 26.9. The summed E-state index contributed by atoms with van der Waals surface area (Å²) in [5.41, 5.74) is -1.93. The Morgan fingerprint density at radius 2 is 0.518 bits per heavy atom. The molecule has 0 aliphatic rings. The van der Waals surface area contributed by atoms with Crippen LogP contribution in [0.1, 0.15) is 34.9 Å². The Morgan fingerprint density at radius 1 is 0.393 bits per heavy atom. The molecule has 14 nitrogen and oxygen atoms in total. The summed E-state index contributed by atoms with van der Waals surface area (Å²) >= 11 is 0. The molecule has 0 aromatic carbocycles. The Hall–Kier alpha value is -3.93. The summed E-state index contributed by atoms with van der Waals surface area (Å²) in [6.07, 6.45) is 21.8. The van der Waals surface area contributed by atoms with Crippen LogP contribution in [0, 0.1) is 14.9 Å². The van der Waals surface area contributed by atoms with Crippen LogP contribution in [0.15, 0.2) is 74.4 Å². The quantitative estimate of drug-likeness (QED) is 0.117. The van der Waals surface area contributed by atoms with Crippen LogP contribution in [0.2, 0.25) is 0 Å². The average molecular weight is 989 g/mol. The number of halogens is 8. The van der Waals surface area contributed by atoms with Gasteiger partial charge in [-0.2, -0.15) is 0 Å². The molecule has 0 N–H and O–H groups in total. The zero-order valence-electron chi connectivity index (χ0n) is 31.9. The fourth-order valence-corrected chi connectivity index (χ4v) is 5.38. The first-order valence-electron chi connectivity index (χ1n) is 14.9. The largest absolute Gasteiger partial charge is 2.00 e. The third kappa shape index (κ3) is 12.5. The average Bonchev–Trinajstić information content (AvgIpc) is 3.89. The predicted molar refractivity (Wildman–Crippen MR) is 186 cm³/mol. The number of rotatable bonds is 8. The summed E-state index contributed by atoms with van der Waals surface area (Å²) in [5.74, 6) is 4.38. The van der Waals surface area contributed by atoms with E-state index in [1.54, 1.807) is 51.4 Å². The maximum absolute atomic E-state index is 9.75. The summed E-state index contributed by atoms with van der Waals surface area (Å²) in [5, 5.41) is 0. The van der Waals surface area contributed by atoms with Crippen molar-refractivity contribution in [2.45, 2.75) is 11.2 Å². The zero-order valence-corrected chi connectivity index (χ0v) is 35.0. The van der Waals surface area contributed by atoms with Crippen LogP contribution < -0.4 is 0 Å². The molecule has 0 radical (unpaired) electrons. The van der Waals surface area contributed by atoms with E-state index in [1.807, 2.05) is 107 Å². The molecule has 6 rings (SSSR count). The molecule has 0 fully saturated rings. The van der Waals surface area contributed by atoms with Crippen LogP contribution in [0.5, 0.6) is 0 Å². The van der Waals surface area contributed by atoms with Crippen LogP contribution in [0.4, 0.5) is 34.5 Å². The van der Waals surface area contributed by atoms with Crippen LogP contribution in [0.25, 0.3) is 0 Å². The van der Waals surface area contributed by atoms with Crippen LogP contribution in [-0.2, 0) is 104 Å². The number of methoxy groups -OCH3 is 2. The van der Waals surface area contributed by atoms with Crippen LogP contribution >= 0.6 is 0 Å². The van der Waals surface area contributed by atoms with Gasteiger partial charge in [-0.3, -0.25) is 0 Å². The third-order valence-electron chi connectivity index (χ3n) is 7.43. The van der Waals surface area contributed by atoms with Gasteiger partial charge in [0.1, 0.15) is 0 Å². The topological polar surface area (TPSA) is 125 Å². The molecule has 0 saturated heterocycles. The smallest absolute Gasteiger partial charge is 0.418 e. The van der Waals surface area contributed by atoms with Gasteiger partial charge in [-0.15, -0.1) is 0 Å². The number of ether oxygens (including phenoxy) is 2. The fraction of sp³-hybridized carbons (Fsp3) is 0.333. The normalized spacial score (nSPS) is 11.1. The Balaban J connectivity index is 0. The number of aryl methyl sites for hydroxylation is 6. The summed E-state index contributed by atoms with van der Waals surface area (Å²) < 4.78 is 101. The molecule has 0 spiro atoms. The van der Waals surface area contributed by atoms with E-state index in [4.69, 9.17) is 9.47 Å². The van der Waals surface area contributed by atoms with E-state index < -0.39 is 25.7 Å². The molecule has 0 atom stereocenters. The maximum atomic E-state index is 9.75. The molecular formula is C30H42B2F8N12O2Pd2. The van der Waals surface area contributed by atoms with Crippen LogP contribution in [0.3, 0.4) is 0 Å². The van der Waals surface area contributed by atoms with Gasteiger partial charge in [0.25, 0.3) is 0 Å². The van der Waals surface area contributed by atoms with Gasteiger partial charge < -0.3 is 86.3 Å². The minimum atomic E-state index is -6.00. The summed E-state index contributed by atoms with van der Waals surface area (Å²) in [7, 11) is 2.90.